The van der Waals surface area contributed by atoms with Crippen molar-refractivity contribution in [3.8, 4) is 5.75 Å². The topological polar surface area (TPSA) is 114 Å². The lowest BCUT2D eigenvalue weighted by atomic mass is 10.1. The molecule has 3 rings (SSSR count). The number of aryl methyl sites for hydroxylation is 1. The predicted molar refractivity (Wildman–Crippen MR) is 91.0 cm³/mol. The van der Waals surface area contributed by atoms with Crippen LogP contribution in [0.1, 0.15) is 16.8 Å². The van der Waals surface area contributed by atoms with Crippen molar-refractivity contribution in [3.05, 3.63) is 42.2 Å². The molecule has 26 heavy (non-hydrogen) atoms. The van der Waals surface area contributed by atoms with E-state index in [2.05, 4.69) is 10.4 Å². The summed E-state index contributed by atoms with van der Waals surface area (Å²) in [5.74, 6) is -1.44. The molecule has 9 heteroatoms. The first-order valence-electron chi connectivity index (χ1n) is 7.99. The number of nitrogens with one attached hydrogen (secondary N) is 1. The van der Waals surface area contributed by atoms with Gasteiger partial charge in [-0.1, -0.05) is 6.07 Å². The van der Waals surface area contributed by atoms with Crippen molar-refractivity contribution in [2.24, 2.45) is 7.05 Å². The molecule has 9 nitrogen and oxygen atoms in total. The van der Waals surface area contributed by atoms with Crippen molar-refractivity contribution in [2.45, 2.75) is 12.5 Å². The number of carboxylic acid groups (broad SMARTS) is 1. The van der Waals surface area contributed by atoms with Gasteiger partial charge in [0.25, 0.3) is 5.91 Å². The molecule has 1 saturated heterocycles. The molecular weight excluding hydrogens is 340 g/mol. The molecular formula is C17H18N4O5. The maximum atomic E-state index is 12.5. The Bertz CT molecular complexity index is 847. The Kier molecular flexibility index (Phi) is 4.87. The van der Waals surface area contributed by atoms with Gasteiger partial charge in [0.1, 0.15) is 11.8 Å². The van der Waals surface area contributed by atoms with Gasteiger partial charge in [-0.2, -0.15) is 5.10 Å². The van der Waals surface area contributed by atoms with Crippen molar-refractivity contribution in [3.63, 3.8) is 0 Å². The molecule has 1 aromatic heterocycles. The number of ether oxygens (including phenoxy) is 1. The molecule has 1 fully saturated rings. The first-order chi connectivity index (χ1) is 12.4. The molecule has 0 saturated carbocycles. The molecule has 136 valence electrons. The second-order valence-electron chi connectivity index (χ2n) is 5.89. The van der Waals surface area contributed by atoms with Crippen molar-refractivity contribution in [1.29, 1.82) is 0 Å². The van der Waals surface area contributed by atoms with E-state index in [9.17, 15) is 14.4 Å². The molecule has 1 aliphatic heterocycles. The number of carbonyl (C=O) groups excluding carboxylic acids is 2. The highest BCUT2D eigenvalue weighted by molar-refractivity contribution is 6.03. The van der Waals surface area contributed by atoms with E-state index in [1.165, 1.54) is 6.07 Å². The summed E-state index contributed by atoms with van der Waals surface area (Å²) >= 11 is 0. The van der Waals surface area contributed by atoms with E-state index in [0.717, 1.165) is 0 Å². The van der Waals surface area contributed by atoms with Gasteiger partial charge in [-0.25, -0.2) is 4.79 Å². The second-order valence-corrected chi connectivity index (χ2v) is 5.89. The number of nitrogens with zero attached hydrogens (tertiary/aromatic N) is 3. The predicted octanol–water partition coefficient (Wildman–Crippen LogP) is 0.419. The molecule has 0 aliphatic carbocycles. The summed E-state index contributed by atoms with van der Waals surface area (Å²) in [6.45, 7) is 0.00346. The second kappa shape index (κ2) is 7.26. The van der Waals surface area contributed by atoms with Crippen LogP contribution in [0.3, 0.4) is 0 Å². The fourth-order valence-electron chi connectivity index (χ4n) is 2.73. The lowest BCUT2D eigenvalue weighted by molar-refractivity contribution is -0.139. The summed E-state index contributed by atoms with van der Waals surface area (Å²) in [7, 11) is 1.77. The van der Waals surface area contributed by atoms with E-state index in [4.69, 9.17) is 9.84 Å². The number of rotatable bonds is 6. The molecule has 1 unspecified atom stereocenters. The van der Waals surface area contributed by atoms with Crippen LogP contribution in [0.5, 0.6) is 5.75 Å². The summed E-state index contributed by atoms with van der Waals surface area (Å²) in [6, 6.07) is 5.54. The van der Waals surface area contributed by atoms with Crippen molar-refractivity contribution in [2.75, 3.05) is 18.1 Å². The smallest absolute Gasteiger partial charge is 0.341 e. The fraction of sp³-hybridized carbons (Fsp3) is 0.294. The number of benzene rings is 1. The molecule has 2 aromatic rings. The van der Waals surface area contributed by atoms with Gasteiger partial charge < -0.3 is 20.1 Å². The Morgan fingerprint density at radius 2 is 2.23 bits per heavy atom. The Morgan fingerprint density at radius 1 is 1.42 bits per heavy atom. The highest BCUT2D eigenvalue weighted by Crippen LogP contribution is 2.21. The maximum Gasteiger partial charge on any atom is 0.341 e. The van der Waals surface area contributed by atoms with Crippen LogP contribution in [0.4, 0.5) is 5.69 Å². The van der Waals surface area contributed by atoms with E-state index in [-0.39, 0.29) is 11.7 Å². The molecule has 2 heterocycles. The van der Waals surface area contributed by atoms with Gasteiger partial charge in [-0.05, 0) is 24.6 Å². The average molecular weight is 358 g/mol. The first kappa shape index (κ1) is 17.5. The Morgan fingerprint density at radius 3 is 2.92 bits per heavy atom. The lowest BCUT2D eigenvalue weighted by Gasteiger charge is -2.15. The third kappa shape index (κ3) is 3.82. The Labute approximate surface area is 149 Å². The number of amides is 2. The third-order valence-electron chi connectivity index (χ3n) is 3.97. The third-order valence-corrected chi connectivity index (χ3v) is 3.97. The minimum absolute atomic E-state index is 0.190. The zero-order valence-corrected chi connectivity index (χ0v) is 14.1. The largest absolute Gasteiger partial charge is 0.482 e. The summed E-state index contributed by atoms with van der Waals surface area (Å²) < 4.78 is 6.67. The zero-order valence-electron chi connectivity index (χ0n) is 14.1. The number of aromatic nitrogens is 2. The van der Waals surface area contributed by atoms with E-state index in [1.807, 2.05) is 0 Å². The molecule has 1 atom stereocenters. The number of anilines is 1. The van der Waals surface area contributed by atoms with Crippen molar-refractivity contribution >= 4 is 23.5 Å². The minimum atomic E-state index is -1.10. The van der Waals surface area contributed by atoms with Gasteiger partial charge in [0.15, 0.2) is 6.61 Å². The number of aliphatic carboxylic acids is 1. The van der Waals surface area contributed by atoms with Crippen LogP contribution in [-0.2, 0) is 16.6 Å². The summed E-state index contributed by atoms with van der Waals surface area (Å²) in [4.78, 5) is 37.1. The van der Waals surface area contributed by atoms with Gasteiger partial charge in [0.2, 0.25) is 5.91 Å². The van der Waals surface area contributed by atoms with E-state index in [0.29, 0.717) is 24.2 Å². The minimum Gasteiger partial charge on any atom is -0.482 e. The van der Waals surface area contributed by atoms with Gasteiger partial charge in [-0.15, -0.1) is 0 Å². The van der Waals surface area contributed by atoms with Gasteiger partial charge in [0.05, 0.1) is 11.9 Å². The number of hydrogen-bond acceptors (Lipinski definition) is 5. The van der Waals surface area contributed by atoms with E-state index >= 15 is 0 Å². The number of hydrogen-bond donors (Lipinski definition) is 2. The fourth-order valence-corrected chi connectivity index (χ4v) is 2.73. The quantitative estimate of drug-likeness (QED) is 0.774. The van der Waals surface area contributed by atoms with Crippen LogP contribution in [0.25, 0.3) is 0 Å². The molecule has 2 N–H and O–H groups in total. The van der Waals surface area contributed by atoms with Gasteiger partial charge in [0, 0.05) is 25.4 Å². The highest BCUT2D eigenvalue weighted by atomic mass is 16.5. The summed E-state index contributed by atoms with van der Waals surface area (Å²) in [5.41, 5.74) is 0.985. The Hall–Kier alpha value is -3.36. The molecule has 0 radical (unpaired) electrons. The Balaban J connectivity index is 1.64. The first-order valence-corrected chi connectivity index (χ1v) is 7.99. The molecule has 1 aliphatic rings. The normalized spacial score (nSPS) is 16.6. The van der Waals surface area contributed by atoms with Crippen LogP contribution in [0.2, 0.25) is 0 Å². The standard InChI is InChI=1S/C17H18N4O5/c1-20-9-12(8-18-20)21-6-5-14(17(21)25)19-16(24)11-3-2-4-13(7-11)26-10-15(22)23/h2-4,7-9,14H,5-6,10H2,1H3,(H,19,24)(H,22,23). The van der Waals surface area contributed by atoms with E-state index in [1.54, 1.807) is 47.2 Å². The van der Waals surface area contributed by atoms with Crippen molar-refractivity contribution < 1.29 is 24.2 Å². The number of carbonyl (C=O) groups is 3. The number of carboxylic acids is 1. The van der Waals surface area contributed by atoms with Crippen LogP contribution < -0.4 is 15.0 Å². The summed E-state index contributed by atoms with van der Waals surface area (Å²) in [5, 5.41) is 15.4. The van der Waals surface area contributed by atoms with Gasteiger partial charge >= 0.3 is 5.97 Å². The monoisotopic (exact) mass is 358 g/mol. The SMILES string of the molecule is Cn1cc(N2CCC(NC(=O)c3cccc(OCC(=O)O)c3)C2=O)cn1. The summed E-state index contributed by atoms with van der Waals surface area (Å²) in [6.07, 6.45) is 3.84. The van der Waals surface area contributed by atoms with E-state index < -0.39 is 24.5 Å². The van der Waals surface area contributed by atoms with Crippen molar-refractivity contribution in [1.82, 2.24) is 15.1 Å². The highest BCUT2D eigenvalue weighted by Gasteiger charge is 2.34. The molecule has 1 aromatic carbocycles. The maximum absolute atomic E-state index is 12.5. The average Bonchev–Trinajstić information content (AvgIpc) is 3.19. The van der Waals surface area contributed by atoms with Crippen LogP contribution in [-0.4, -0.2) is 51.9 Å². The molecule has 2 amide bonds. The molecule has 0 bridgehead atoms. The van der Waals surface area contributed by atoms with Crippen LogP contribution >= 0.6 is 0 Å². The van der Waals surface area contributed by atoms with Crippen LogP contribution in [0, 0.1) is 0 Å². The molecule has 0 spiro atoms. The van der Waals surface area contributed by atoms with Crippen LogP contribution in [0.15, 0.2) is 36.7 Å². The lowest BCUT2D eigenvalue weighted by Crippen LogP contribution is -2.41. The van der Waals surface area contributed by atoms with Gasteiger partial charge in [-0.3, -0.25) is 14.3 Å². The zero-order chi connectivity index (χ0) is 18.7.